The molecule has 0 saturated carbocycles. The van der Waals surface area contributed by atoms with Gasteiger partial charge in [0.1, 0.15) is 11.6 Å². The summed E-state index contributed by atoms with van der Waals surface area (Å²) in [5.41, 5.74) is 3.65. The number of fused-ring (bicyclic) bond motifs is 1. The van der Waals surface area contributed by atoms with Crippen LogP contribution in [0.3, 0.4) is 0 Å². The van der Waals surface area contributed by atoms with Gasteiger partial charge in [-0.1, -0.05) is 16.8 Å². The Hall–Kier alpha value is -2.62. The molecule has 0 unspecified atom stereocenters. The molecule has 0 amide bonds. The number of halogens is 3. The molecule has 2 aromatic heterocycles. The molecule has 0 aliphatic carbocycles. The largest absolute Gasteiger partial charge is 0.365 e. The summed E-state index contributed by atoms with van der Waals surface area (Å²) >= 11 is 6.14. The van der Waals surface area contributed by atoms with Crippen molar-refractivity contribution < 1.29 is 13.3 Å². The number of rotatable bonds is 5. The number of hydrogen-bond donors (Lipinski definition) is 1. The summed E-state index contributed by atoms with van der Waals surface area (Å²) in [6.45, 7) is 7.23. The van der Waals surface area contributed by atoms with Crippen LogP contribution < -0.4 is 10.2 Å². The highest BCUT2D eigenvalue weighted by Gasteiger charge is 2.25. The van der Waals surface area contributed by atoms with Crippen molar-refractivity contribution in [3.63, 3.8) is 0 Å². The molecular weight excluding hydrogens is 462 g/mol. The lowest BCUT2D eigenvalue weighted by molar-refractivity contribution is 0.225. The van der Waals surface area contributed by atoms with Crippen molar-refractivity contribution in [3.05, 3.63) is 57.6 Å². The van der Waals surface area contributed by atoms with Crippen molar-refractivity contribution in [1.29, 1.82) is 0 Å². The zero-order chi connectivity index (χ0) is 23.7. The molecule has 10 heteroatoms. The molecule has 180 valence electrons. The Balaban J connectivity index is 1.47. The zero-order valence-electron chi connectivity index (χ0n) is 19.1. The van der Waals surface area contributed by atoms with Gasteiger partial charge in [0, 0.05) is 51.0 Å². The van der Waals surface area contributed by atoms with E-state index in [9.17, 15) is 8.78 Å². The average Bonchev–Trinajstić information content (AvgIpc) is 3.19. The van der Waals surface area contributed by atoms with Crippen LogP contribution in [0.1, 0.15) is 35.5 Å². The van der Waals surface area contributed by atoms with Gasteiger partial charge in [0.2, 0.25) is 0 Å². The van der Waals surface area contributed by atoms with Crippen LogP contribution in [0.5, 0.6) is 0 Å². The Kier molecular flexibility index (Phi) is 6.76. The first kappa shape index (κ1) is 23.1. The van der Waals surface area contributed by atoms with Gasteiger partial charge in [0.05, 0.1) is 28.5 Å². The predicted molar refractivity (Wildman–Crippen MR) is 126 cm³/mol. The summed E-state index contributed by atoms with van der Waals surface area (Å²) in [6, 6.07) is 2.17. The third-order valence-electron chi connectivity index (χ3n) is 6.55. The fourth-order valence-electron chi connectivity index (χ4n) is 4.73. The molecule has 3 aromatic rings. The van der Waals surface area contributed by atoms with Crippen LogP contribution in [0.15, 0.2) is 22.9 Å². The van der Waals surface area contributed by atoms with E-state index in [2.05, 4.69) is 20.4 Å². The van der Waals surface area contributed by atoms with Gasteiger partial charge in [-0.3, -0.25) is 9.88 Å². The molecule has 1 aromatic carbocycles. The van der Waals surface area contributed by atoms with Crippen LogP contribution in [-0.4, -0.2) is 52.7 Å². The minimum absolute atomic E-state index is 0.149. The van der Waals surface area contributed by atoms with Gasteiger partial charge < -0.3 is 14.7 Å². The molecule has 34 heavy (non-hydrogen) atoms. The second-order valence-electron chi connectivity index (χ2n) is 8.83. The molecule has 2 aliphatic heterocycles. The SMILES string of the molecule is Cc1c(-c2nc(CN3CCNCC3)no2)cnc2c1N(Cc1c(F)ccc(F)c1Cl)CCCC2. The van der Waals surface area contributed by atoms with E-state index in [4.69, 9.17) is 21.1 Å². The van der Waals surface area contributed by atoms with Crippen LogP contribution in [0.2, 0.25) is 5.02 Å². The minimum atomic E-state index is -0.625. The van der Waals surface area contributed by atoms with E-state index in [0.717, 1.165) is 80.1 Å². The summed E-state index contributed by atoms with van der Waals surface area (Å²) in [5.74, 6) is -0.0955. The van der Waals surface area contributed by atoms with E-state index in [1.165, 1.54) is 0 Å². The van der Waals surface area contributed by atoms with E-state index in [0.29, 0.717) is 24.8 Å². The van der Waals surface area contributed by atoms with Crippen molar-refractivity contribution in [3.8, 4) is 11.5 Å². The number of hydrogen-bond acceptors (Lipinski definition) is 7. The first-order chi connectivity index (χ1) is 16.5. The lowest BCUT2D eigenvalue weighted by Crippen LogP contribution is -2.43. The highest BCUT2D eigenvalue weighted by molar-refractivity contribution is 6.31. The van der Waals surface area contributed by atoms with Crippen molar-refractivity contribution in [2.24, 2.45) is 0 Å². The summed E-state index contributed by atoms with van der Waals surface area (Å²) in [7, 11) is 0. The molecule has 0 spiro atoms. The number of aryl methyl sites for hydroxylation is 1. The van der Waals surface area contributed by atoms with Gasteiger partial charge in [-0.2, -0.15) is 4.98 Å². The minimum Gasteiger partial charge on any atom is -0.365 e. The Bertz CT molecular complexity index is 1180. The van der Waals surface area contributed by atoms with Crippen LogP contribution >= 0.6 is 11.6 Å². The Morgan fingerprint density at radius 2 is 1.88 bits per heavy atom. The van der Waals surface area contributed by atoms with Crippen LogP contribution in [-0.2, 0) is 19.5 Å². The lowest BCUT2D eigenvalue weighted by atomic mass is 10.0. The predicted octanol–water partition coefficient (Wildman–Crippen LogP) is 4.12. The van der Waals surface area contributed by atoms with E-state index in [-0.39, 0.29) is 17.1 Å². The van der Waals surface area contributed by atoms with Crippen molar-refractivity contribution in [2.45, 2.75) is 39.3 Å². The normalized spacial score (nSPS) is 17.0. The maximum atomic E-state index is 14.6. The standard InChI is InChI=1S/C24H27ClF2N6O/c1-15-16(24-30-21(31-34-24)14-32-10-7-28-8-11-32)12-29-20-4-2-3-9-33(23(15)20)13-17-18(26)5-6-19(27)22(17)25/h5-6,12,28H,2-4,7-11,13-14H2,1H3. The molecule has 1 saturated heterocycles. The Morgan fingerprint density at radius 3 is 2.71 bits per heavy atom. The second kappa shape index (κ2) is 9.93. The maximum Gasteiger partial charge on any atom is 0.259 e. The van der Waals surface area contributed by atoms with Gasteiger partial charge in [0.25, 0.3) is 5.89 Å². The molecule has 1 N–H and O–H groups in total. The third-order valence-corrected chi connectivity index (χ3v) is 6.96. The van der Waals surface area contributed by atoms with E-state index < -0.39 is 11.6 Å². The Morgan fingerprint density at radius 1 is 1.09 bits per heavy atom. The summed E-state index contributed by atoms with van der Waals surface area (Å²) in [6.07, 6.45) is 4.46. The van der Waals surface area contributed by atoms with Crippen molar-refractivity contribution in [2.75, 3.05) is 37.6 Å². The van der Waals surface area contributed by atoms with Crippen molar-refractivity contribution in [1.82, 2.24) is 25.3 Å². The summed E-state index contributed by atoms with van der Waals surface area (Å²) in [5, 5.41) is 7.33. The number of nitrogens with zero attached hydrogens (tertiary/aromatic N) is 5. The van der Waals surface area contributed by atoms with Crippen LogP contribution in [0, 0.1) is 18.6 Å². The number of aromatic nitrogens is 3. The van der Waals surface area contributed by atoms with E-state index >= 15 is 0 Å². The van der Waals surface area contributed by atoms with Crippen LogP contribution in [0.25, 0.3) is 11.5 Å². The number of piperazine rings is 1. The second-order valence-corrected chi connectivity index (χ2v) is 9.21. The van der Waals surface area contributed by atoms with Gasteiger partial charge in [-0.05, 0) is 43.9 Å². The molecule has 1 fully saturated rings. The van der Waals surface area contributed by atoms with E-state index in [1.54, 1.807) is 6.20 Å². The zero-order valence-corrected chi connectivity index (χ0v) is 19.8. The Labute approximate surface area is 202 Å². The number of anilines is 1. The van der Waals surface area contributed by atoms with Gasteiger partial charge in [-0.15, -0.1) is 0 Å². The first-order valence-electron chi connectivity index (χ1n) is 11.6. The number of nitrogens with one attached hydrogen (secondary N) is 1. The summed E-state index contributed by atoms with van der Waals surface area (Å²) < 4.78 is 34.2. The highest BCUT2D eigenvalue weighted by Crippen LogP contribution is 2.36. The highest BCUT2D eigenvalue weighted by atomic mass is 35.5. The molecule has 0 bridgehead atoms. The molecule has 4 heterocycles. The van der Waals surface area contributed by atoms with Crippen molar-refractivity contribution >= 4 is 17.3 Å². The number of benzene rings is 1. The third kappa shape index (κ3) is 4.64. The average molecular weight is 489 g/mol. The smallest absolute Gasteiger partial charge is 0.259 e. The fraction of sp³-hybridized carbons (Fsp3) is 0.458. The quantitative estimate of drug-likeness (QED) is 0.542. The molecule has 5 rings (SSSR count). The van der Waals surface area contributed by atoms with E-state index in [1.807, 2.05) is 11.8 Å². The van der Waals surface area contributed by atoms with Crippen LogP contribution in [0.4, 0.5) is 14.5 Å². The monoisotopic (exact) mass is 488 g/mol. The topological polar surface area (TPSA) is 70.3 Å². The van der Waals surface area contributed by atoms with Gasteiger partial charge >= 0.3 is 0 Å². The first-order valence-corrected chi connectivity index (χ1v) is 12.0. The molecular formula is C24H27ClF2N6O. The van der Waals surface area contributed by atoms with Gasteiger partial charge in [0.15, 0.2) is 5.82 Å². The number of pyridine rings is 1. The fourth-order valence-corrected chi connectivity index (χ4v) is 4.94. The van der Waals surface area contributed by atoms with Gasteiger partial charge in [-0.25, -0.2) is 8.78 Å². The molecule has 0 radical (unpaired) electrons. The lowest BCUT2D eigenvalue weighted by Gasteiger charge is -2.27. The maximum absolute atomic E-state index is 14.6. The molecule has 0 atom stereocenters. The molecule has 2 aliphatic rings. The summed E-state index contributed by atoms with van der Waals surface area (Å²) in [4.78, 5) is 13.7. The molecule has 7 nitrogen and oxygen atoms in total.